The van der Waals surface area contributed by atoms with Crippen LogP contribution >= 0.6 is 11.3 Å². The Labute approximate surface area is 129 Å². The van der Waals surface area contributed by atoms with E-state index in [2.05, 4.69) is 15.6 Å². The number of ether oxygens (including phenoxy) is 1. The number of fused-ring (bicyclic) bond motifs is 1. The summed E-state index contributed by atoms with van der Waals surface area (Å²) >= 11 is 1.65. The molecule has 0 aromatic carbocycles. The number of hydrogen-bond donors (Lipinski definition) is 1. The molecule has 1 saturated carbocycles. The molecule has 1 aliphatic carbocycles. The van der Waals surface area contributed by atoms with E-state index in [9.17, 15) is 4.79 Å². The summed E-state index contributed by atoms with van der Waals surface area (Å²) in [6.45, 7) is 3.18. The van der Waals surface area contributed by atoms with Crippen molar-refractivity contribution in [1.82, 2.24) is 10.2 Å². The van der Waals surface area contributed by atoms with Gasteiger partial charge < -0.3 is 10.1 Å². The Balaban J connectivity index is 1.41. The summed E-state index contributed by atoms with van der Waals surface area (Å²) in [5.41, 5.74) is 1.12. The predicted octanol–water partition coefficient (Wildman–Crippen LogP) is 1.66. The minimum Gasteiger partial charge on any atom is -0.376 e. The molecular formula is C16H22N2O2S. The molecule has 1 aromatic rings. The zero-order valence-electron chi connectivity index (χ0n) is 12.2. The zero-order valence-corrected chi connectivity index (χ0v) is 13.0. The molecule has 0 spiro atoms. The van der Waals surface area contributed by atoms with Crippen molar-refractivity contribution in [2.75, 3.05) is 19.7 Å². The minimum absolute atomic E-state index is 0.160. The van der Waals surface area contributed by atoms with Crippen LogP contribution in [0.4, 0.5) is 0 Å². The second kappa shape index (κ2) is 5.71. The Hall–Kier alpha value is -0.910. The van der Waals surface area contributed by atoms with Crippen molar-refractivity contribution >= 4 is 17.2 Å². The van der Waals surface area contributed by atoms with Crippen molar-refractivity contribution in [3.63, 3.8) is 0 Å². The van der Waals surface area contributed by atoms with Gasteiger partial charge in [-0.3, -0.25) is 9.69 Å². The second-order valence-electron chi connectivity index (χ2n) is 6.42. The first-order valence-corrected chi connectivity index (χ1v) is 8.93. The van der Waals surface area contributed by atoms with Crippen LogP contribution in [-0.2, 0) is 16.0 Å². The number of hydrogen-bond acceptors (Lipinski definition) is 4. The lowest BCUT2D eigenvalue weighted by atomic mass is 9.70. The van der Waals surface area contributed by atoms with Gasteiger partial charge in [-0.2, -0.15) is 11.3 Å². The van der Waals surface area contributed by atoms with Crippen molar-refractivity contribution in [3.8, 4) is 0 Å². The summed E-state index contributed by atoms with van der Waals surface area (Å²) in [5, 5.41) is 7.38. The molecule has 3 heterocycles. The average Bonchev–Trinajstić information content (AvgIpc) is 3.18. The van der Waals surface area contributed by atoms with E-state index in [1.165, 1.54) is 12.8 Å². The highest BCUT2D eigenvalue weighted by molar-refractivity contribution is 7.07. The fraction of sp³-hybridized carbons (Fsp3) is 0.688. The van der Waals surface area contributed by atoms with E-state index in [1.807, 2.05) is 11.4 Å². The Bertz CT molecular complexity index is 494. The van der Waals surface area contributed by atoms with Gasteiger partial charge in [-0.15, -0.1) is 0 Å². The number of nitrogens with one attached hydrogen (secondary N) is 1. The number of carbonyl (C=O) groups is 1. The molecule has 2 saturated heterocycles. The summed E-state index contributed by atoms with van der Waals surface area (Å²) in [7, 11) is 0. The molecule has 1 aromatic heterocycles. The molecule has 3 fully saturated rings. The summed E-state index contributed by atoms with van der Waals surface area (Å²) in [4.78, 5) is 14.8. The fourth-order valence-electron chi connectivity index (χ4n) is 4.16. The van der Waals surface area contributed by atoms with Crippen LogP contribution < -0.4 is 5.32 Å². The van der Waals surface area contributed by atoms with Gasteiger partial charge in [0.25, 0.3) is 0 Å². The standard InChI is InChI=1S/C16H22N2O2S/c19-13(9-11-4-8-21-10-11)17-14-12-3-7-20-16(12)15(14)18-5-1-2-6-18/h4,8,10,12,14-16H,1-3,5-7,9H2,(H,17,19)/t12-,14+,15-,16-/m0/s1. The van der Waals surface area contributed by atoms with Gasteiger partial charge in [0, 0.05) is 12.5 Å². The molecule has 3 aliphatic rings. The van der Waals surface area contributed by atoms with Crippen LogP contribution in [-0.4, -0.2) is 48.7 Å². The van der Waals surface area contributed by atoms with Crippen LogP contribution in [0, 0.1) is 5.92 Å². The van der Waals surface area contributed by atoms with Gasteiger partial charge >= 0.3 is 0 Å². The highest BCUT2D eigenvalue weighted by Gasteiger charge is 2.56. The smallest absolute Gasteiger partial charge is 0.224 e. The number of thiophene rings is 1. The van der Waals surface area contributed by atoms with Crippen molar-refractivity contribution in [1.29, 1.82) is 0 Å². The van der Waals surface area contributed by atoms with Gasteiger partial charge in [-0.25, -0.2) is 0 Å². The van der Waals surface area contributed by atoms with Gasteiger partial charge in [-0.05, 0) is 54.7 Å². The van der Waals surface area contributed by atoms with Crippen LogP contribution in [0.5, 0.6) is 0 Å². The summed E-state index contributed by atoms with van der Waals surface area (Å²) < 4.78 is 5.90. The fourth-order valence-corrected chi connectivity index (χ4v) is 4.83. The number of amides is 1. The topological polar surface area (TPSA) is 41.6 Å². The van der Waals surface area contributed by atoms with E-state index in [1.54, 1.807) is 11.3 Å². The molecule has 4 atom stereocenters. The van der Waals surface area contributed by atoms with E-state index >= 15 is 0 Å². The Morgan fingerprint density at radius 3 is 3.05 bits per heavy atom. The van der Waals surface area contributed by atoms with Gasteiger partial charge in [0.1, 0.15) is 0 Å². The molecule has 0 radical (unpaired) electrons. The predicted molar refractivity (Wildman–Crippen MR) is 82.4 cm³/mol. The third-order valence-electron chi connectivity index (χ3n) is 5.18. The molecule has 4 nitrogen and oxygen atoms in total. The van der Waals surface area contributed by atoms with Gasteiger partial charge in [-0.1, -0.05) is 0 Å². The highest BCUT2D eigenvalue weighted by Crippen LogP contribution is 2.42. The monoisotopic (exact) mass is 306 g/mol. The number of likely N-dealkylation sites (tertiary alicyclic amines) is 1. The molecular weight excluding hydrogens is 284 g/mol. The molecule has 4 rings (SSSR count). The molecule has 0 unspecified atom stereocenters. The average molecular weight is 306 g/mol. The molecule has 0 bridgehead atoms. The second-order valence-corrected chi connectivity index (χ2v) is 7.20. The van der Waals surface area contributed by atoms with Crippen LogP contribution in [0.1, 0.15) is 24.8 Å². The zero-order chi connectivity index (χ0) is 14.2. The number of rotatable bonds is 4. The number of nitrogens with zero attached hydrogens (tertiary/aromatic N) is 1. The maximum Gasteiger partial charge on any atom is 0.224 e. The molecule has 5 heteroatoms. The quantitative estimate of drug-likeness (QED) is 0.920. The Morgan fingerprint density at radius 2 is 2.29 bits per heavy atom. The minimum atomic E-state index is 0.160. The summed E-state index contributed by atoms with van der Waals surface area (Å²) in [6.07, 6.45) is 4.52. The van der Waals surface area contributed by atoms with Gasteiger partial charge in [0.15, 0.2) is 0 Å². The SMILES string of the molecule is O=C(Cc1ccsc1)N[C@@H]1[C@@H]2CCO[C@@H]2[C@H]1N1CCCC1. The normalized spacial score (nSPS) is 35.4. The third-order valence-corrected chi connectivity index (χ3v) is 5.92. The van der Waals surface area contributed by atoms with Crippen molar-refractivity contribution in [3.05, 3.63) is 22.4 Å². The van der Waals surface area contributed by atoms with Crippen LogP contribution in [0.25, 0.3) is 0 Å². The highest BCUT2D eigenvalue weighted by atomic mass is 32.1. The van der Waals surface area contributed by atoms with Crippen LogP contribution in [0.15, 0.2) is 16.8 Å². The molecule has 2 aliphatic heterocycles. The van der Waals surface area contributed by atoms with Crippen molar-refractivity contribution in [2.45, 2.75) is 43.9 Å². The Kier molecular flexibility index (Phi) is 3.73. The van der Waals surface area contributed by atoms with Gasteiger partial charge in [0.05, 0.1) is 24.6 Å². The first-order chi connectivity index (χ1) is 10.3. The summed E-state index contributed by atoms with van der Waals surface area (Å²) in [5.74, 6) is 0.690. The van der Waals surface area contributed by atoms with E-state index < -0.39 is 0 Å². The van der Waals surface area contributed by atoms with Crippen molar-refractivity contribution in [2.24, 2.45) is 5.92 Å². The first kappa shape index (κ1) is 13.7. The lowest BCUT2D eigenvalue weighted by molar-refractivity contribution is -0.128. The molecule has 1 N–H and O–H groups in total. The maximum atomic E-state index is 12.3. The first-order valence-electron chi connectivity index (χ1n) is 7.99. The molecule has 114 valence electrons. The largest absolute Gasteiger partial charge is 0.376 e. The van der Waals surface area contributed by atoms with Gasteiger partial charge in [0.2, 0.25) is 5.91 Å². The lowest BCUT2D eigenvalue weighted by Gasteiger charge is -2.51. The number of carbonyl (C=O) groups excluding carboxylic acids is 1. The van der Waals surface area contributed by atoms with E-state index in [0.717, 1.165) is 31.7 Å². The summed E-state index contributed by atoms with van der Waals surface area (Å²) in [6, 6.07) is 2.73. The van der Waals surface area contributed by atoms with Crippen LogP contribution in [0.3, 0.4) is 0 Å². The third kappa shape index (κ3) is 2.51. The van der Waals surface area contributed by atoms with E-state index in [4.69, 9.17) is 4.74 Å². The molecule has 1 amide bonds. The maximum absolute atomic E-state index is 12.3. The van der Waals surface area contributed by atoms with Crippen molar-refractivity contribution < 1.29 is 9.53 Å². The lowest BCUT2D eigenvalue weighted by Crippen LogP contribution is -2.70. The Morgan fingerprint density at radius 1 is 1.43 bits per heavy atom. The molecule has 21 heavy (non-hydrogen) atoms. The van der Waals surface area contributed by atoms with Crippen LogP contribution in [0.2, 0.25) is 0 Å². The van der Waals surface area contributed by atoms with E-state index in [-0.39, 0.29) is 5.91 Å². The van der Waals surface area contributed by atoms with E-state index in [0.29, 0.717) is 30.5 Å².